The van der Waals surface area contributed by atoms with Gasteiger partial charge in [-0.25, -0.2) is 0 Å². The van der Waals surface area contributed by atoms with Crippen LogP contribution in [0.5, 0.6) is 11.5 Å². The minimum Gasteiger partial charge on any atom is -0.494 e. The summed E-state index contributed by atoms with van der Waals surface area (Å²) in [4.78, 5) is 25.0. The lowest BCUT2D eigenvalue weighted by Crippen LogP contribution is -2.46. The summed E-state index contributed by atoms with van der Waals surface area (Å²) in [6.07, 6.45) is 0.491. The zero-order valence-corrected chi connectivity index (χ0v) is 13.5. The third-order valence-corrected chi connectivity index (χ3v) is 4.07. The molecule has 1 N–H and O–H groups in total. The molecule has 1 aromatic carbocycles. The van der Waals surface area contributed by atoms with Crippen LogP contribution in [0.3, 0.4) is 0 Å². The molecule has 0 aromatic heterocycles. The fraction of sp³-hybridized carbons (Fsp3) is 0.529. The Morgan fingerprint density at radius 3 is 2.35 bits per heavy atom. The predicted molar refractivity (Wildman–Crippen MR) is 84.6 cm³/mol. The molecule has 0 radical (unpaired) electrons. The highest BCUT2D eigenvalue weighted by molar-refractivity contribution is 5.78. The number of aliphatic carboxylic acids is 1. The number of amides is 1. The fourth-order valence-corrected chi connectivity index (χ4v) is 2.77. The first-order chi connectivity index (χ1) is 11.0. The molecular weight excluding hydrogens is 298 g/mol. The van der Waals surface area contributed by atoms with Crippen molar-refractivity contribution < 1.29 is 24.2 Å². The van der Waals surface area contributed by atoms with E-state index in [2.05, 4.69) is 0 Å². The van der Waals surface area contributed by atoms with Crippen molar-refractivity contribution in [1.29, 1.82) is 0 Å². The highest BCUT2D eigenvalue weighted by atomic mass is 16.5. The minimum absolute atomic E-state index is 0.0432. The van der Waals surface area contributed by atoms with E-state index in [1.807, 2.05) is 13.8 Å². The van der Waals surface area contributed by atoms with E-state index < -0.39 is 5.97 Å². The molecule has 1 heterocycles. The topological polar surface area (TPSA) is 76.1 Å². The molecule has 1 fully saturated rings. The maximum Gasteiger partial charge on any atom is 0.306 e. The quantitative estimate of drug-likeness (QED) is 0.867. The van der Waals surface area contributed by atoms with Crippen LogP contribution in [0.2, 0.25) is 0 Å². The first-order valence-corrected chi connectivity index (χ1v) is 7.87. The van der Waals surface area contributed by atoms with E-state index in [1.54, 1.807) is 29.2 Å². The van der Waals surface area contributed by atoms with E-state index in [-0.39, 0.29) is 24.3 Å². The second kappa shape index (κ2) is 7.85. The number of piperidine rings is 1. The van der Waals surface area contributed by atoms with Gasteiger partial charge in [-0.15, -0.1) is 0 Å². The molecule has 0 spiro atoms. The number of benzene rings is 1. The number of carboxylic acids is 1. The van der Waals surface area contributed by atoms with Gasteiger partial charge >= 0.3 is 5.97 Å². The first-order valence-electron chi connectivity index (χ1n) is 7.87. The average Bonchev–Trinajstić information content (AvgIpc) is 2.53. The van der Waals surface area contributed by atoms with Gasteiger partial charge in [0.25, 0.3) is 5.91 Å². The van der Waals surface area contributed by atoms with Crippen LogP contribution in [0.25, 0.3) is 0 Å². The molecule has 0 bridgehead atoms. The molecule has 6 nitrogen and oxygen atoms in total. The Labute approximate surface area is 136 Å². The van der Waals surface area contributed by atoms with Crippen LogP contribution in [0.4, 0.5) is 0 Å². The Bertz CT molecular complexity index is 542. The lowest BCUT2D eigenvalue weighted by molar-refractivity contribution is -0.148. The van der Waals surface area contributed by atoms with Crippen molar-refractivity contribution in [3.63, 3.8) is 0 Å². The predicted octanol–water partition coefficient (Wildman–Crippen LogP) is 2.03. The summed E-state index contributed by atoms with van der Waals surface area (Å²) < 4.78 is 10.8. The third-order valence-electron chi connectivity index (χ3n) is 4.07. The number of hydrogen-bond donors (Lipinski definition) is 1. The van der Waals surface area contributed by atoms with Crippen molar-refractivity contribution in [2.24, 2.45) is 11.8 Å². The Morgan fingerprint density at radius 1 is 1.22 bits per heavy atom. The Balaban J connectivity index is 1.82. The fourth-order valence-electron chi connectivity index (χ4n) is 2.77. The van der Waals surface area contributed by atoms with E-state index in [4.69, 9.17) is 14.6 Å². The van der Waals surface area contributed by atoms with Crippen LogP contribution in [0.15, 0.2) is 24.3 Å². The van der Waals surface area contributed by atoms with Gasteiger partial charge in [-0.3, -0.25) is 9.59 Å². The molecule has 126 valence electrons. The van der Waals surface area contributed by atoms with Crippen molar-refractivity contribution in [3.8, 4) is 11.5 Å². The molecule has 6 heteroatoms. The molecule has 2 unspecified atom stereocenters. The van der Waals surface area contributed by atoms with Gasteiger partial charge in [-0.05, 0) is 43.5 Å². The monoisotopic (exact) mass is 321 g/mol. The zero-order chi connectivity index (χ0) is 16.8. The van der Waals surface area contributed by atoms with Gasteiger partial charge in [0, 0.05) is 13.1 Å². The summed E-state index contributed by atoms with van der Waals surface area (Å²) in [6.45, 7) is 5.26. The molecular formula is C17H23NO5. The molecule has 1 aliphatic rings. The summed E-state index contributed by atoms with van der Waals surface area (Å²) in [6, 6.07) is 7.11. The standard InChI is InChI=1S/C17H23NO5/c1-3-22-13-4-6-14(7-5-13)23-11-16(19)18-9-8-15(17(20)21)12(2)10-18/h4-7,12,15H,3,8-11H2,1-2H3,(H,20,21). The van der Waals surface area contributed by atoms with Gasteiger partial charge < -0.3 is 19.5 Å². The van der Waals surface area contributed by atoms with E-state index in [0.29, 0.717) is 31.9 Å². The van der Waals surface area contributed by atoms with E-state index >= 15 is 0 Å². The van der Waals surface area contributed by atoms with Gasteiger partial charge in [0.2, 0.25) is 0 Å². The first kappa shape index (κ1) is 17.1. The smallest absolute Gasteiger partial charge is 0.306 e. The van der Waals surface area contributed by atoms with Gasteiger partial charge in [-0.2, -0.15) is 0 Å². The highest BCUT2D eigenvalue weighted by Gasteiger charge is 2.32. The van der Waals surface area contributed by atoms with Crippen LogP contribution >= 0.6 is 0 Å². The number of rotatable bonds is 6. The number of carbonyl (C=O) groups is 2. The van der Waals surface area contributed by atoms with Gasteiger partial charge in [0.15, 0.2) is 6.61 Å². The number of likely N-dealkylation sites (tertiary alicyclic amines) is 1. The Morgan fingerprint density at radius 2 is 1.83 bits per heavy atom. The molecule has 0 aliphatic carbocycles. The van der Waals surface area contributed by atoms with Gasteiger partial charge in [0.05, 0.1) is 12.5 Å². The van der Waals surface area contributed by atoms with E-state index in [0.717, 1.165) is 5.75 Å². The Hall–Kier alpha value is -2.24. The van der Waals surface area contributed by atoms with Crippen LogP contribution in [-0.4, -0.2) is 48.2 Å². The third kappa shape index (κ3) is 4.61. The van der Waals surface area contributed by atoms with Crippen molar-refractivity contribution in [1.82, 2.24) is 4.90 Å². The second-order valence-corrected chi connectivity index (χ2v) is 5.74. The van der Waals surface area contributed by atoms with Gasteiger partial charge in [0.1, 0.15) is 11.5 Å². The highest BCUT2D eigenvalue weighted by Crippen LogP contribution is 2.24. The van der Waals surface area contributed by atoms with Crippen molar-refractivity contribution in [2.75, 3.05) is 26.3 Å². The largest absolute Gasteiger partial charge is 0.494 e. The normalized spacial score (nSPS) is 20.9. The van der Waals surface area contributed by atoms with E-state index in [1.165, 1.54) is 0 Å². The number of carboxylic acid groups (broad SMARTS) is 1. The lowest BCUT2D eigenvalue weighted by Gasteiger charge is -2.34. The second-order valence-electron chi connectivity index (χ2n) is 5.74. The molecule has 1 saturated heterocycles. The van der Waals surface area contributed by atoms with Crippen molar-refractivity contribution in [2.45, 2.75) is 20.3 Å². The number of carbonyl (C=O) groups excluding carboxylic acids is 1. The van der Waals surface area contributed by atoms with Gasteiger partial charge in [-0.1, -0.05) is 6.92 Å². The molecule has 1 amide bonds. The van der Waals surface area contributed by atoms with Crippen LogP contribution in [0, 0.1) is 11.8 Å². The number of nitrogens with zero attached hydrogens (tertiary/aromatic N) is 1. The zero-order valence-electron chi connectivity index (χ0n) is 13.5. The molecule has 2 atom stereocenters. The summed E-state index contributed by atoms with van der Waals surface area (Å²) >= 11 is 0. The lowest BCUT2D eigenvalue weighted by atomic mass is 9.87. The number of ether oxygens (including phenoxy) is 2. The van der Waals surface area contributed by atoms with Crippen LogP contribution in [-0.2, 0) is 9.59 Å². The maximum absolute atomic E-state index is 12.2. The molecule has 1 aliphatic heterocycles. The molecule has 0 saturated carbocycles. The Kier molecular flexibility index (Phi) is 5.84. The molecule has 23 heavy (non-hydrogen) atoms. The van der Waals surface area contributed by atoms with Crippen LogP contribution < -0.4 is 9.47 Å². The summed E-state index contributed by atoms with van der Waals surface area (Å²) in [5, 5.41) is 9.11. The number of hydrogen-bond acceptors (Lipinski definition) is 4. The minimum atomic E-state index is -0.782. The van der Waals surface area contributed by atoms with Crippen molar-refractivity contribution in [3.05, 3.63) is 24.3 Å². The maximum atomic E-state index is 12.2. The van der Waals surface area contributed by atoms with Crippen LogP contribution in [0.1, 0.15) is 20.3 Å². The summed E-state index contributed by atoms with van der Waals surface area (Å²) in [5.74, 6) is 0.0533. The van der Waals surface area contributed by atoms with E-state index in [9.17, 15) is 9.59 Å². The van der Waals surface area contributed by atoms with Crippen molar-refractivity contribution >= 4 is 11.9 Å². The summed E-state index contributed by atoms with van der Waals surface area (Å²) in [7, 11) is 0. The molecule has 1 aromatic rings. The average molecular weight is 321 g/mol. The SMILES string of the molecule is CCOc1ccc(OCC(=O)N2CCC(C(=O)O)C(C)C2)cc1. The molecule has 2 rings (SSSR count). The summed E-state index contributed by atoms with van der Waals surface area (Å²) in [5.41, 5.74) is 0.